The summed E-state index contributed by atoms with van der Waals surface area (Å²) in [5, 5.41) is 21.3. The molecule has 2 rings (SSSR count). The maximum atomic E-state index is 12.7. The number of aromatic nitrogens is 4. The lowest BCUT2D eigenvalue weighted by molar-refractivity contribution is 0.172. The molecule has 0 saturated carbocycles. The molecule has 0 bridgehead atoms. The van der Waals surface area contributed by atoms with Gasteiger partial charge in [0.25, 0.3) is 0 Å². The Hall–Kier alpha value is -1.82. The molecule has 0 spiro atoms. The Morgan fingerprint density at radius 1 is 1.29 bits per heavy atom. The molecular weight excluding hydrogens is 223 g/mol. The third-order valence-corrected chi connectivity index (χ3v) is 2.35. The summed E-state index contributed by atoms with van der Waals surface area (Å²) >= 11 is 0. The van der Waals surface area contributed by atoms with Gasteiger partial charge in [0.15, 0.2) is 5.82 Å². The predicted molar refractivity (Wildman–Crippen MR) is 58.6 cm³/mol. The highest BCUT2D eigenvalue weighted by Gasteiger charge is 2.10. The Morgan fingerprint density at radius 3 is 2.59 bits per heavy atom. The lowest BCUT2D eigenvalue weighted by Crippen LogP contribution is -2.15. The van der Waals surface area contributed by atoms with Gasteiger partial charge in [-0.3, -0.25) is 0 Å². The van der Waals surface area contributed by atoms with Crippen molar-refractivity contribution in [1.82, 2.24) is 20.2 Å². The Morgan fingerprint density at radius 2 is 2.00 bits per heavy atom. The SMILES string of the molecule is Cn1nnc(CC(O)Cc2ccc(F)cc2)n1. The van der Waals surface area contributed by atoms with Crippen molar-refractivity contribution in [2.24, 2.45) is 7.05 Å². The van der Waals surface area contributed by atoms with Gasteiger partial charge in [-0.15, -0.1) is 10.2 Å². The molecule has 1 heterocycles. The van der Waals surface area contributed by atoms with E-state index in [0.717, 1.165) is 5.56 Å². The van der Waals surface area contributed by atoms with Crippen LogP contribution in [0.25, 0.3) is 0 Å². The van der Waals surface area contributed by atoms with E-state index in [4.69, 9.17) is 0 Å². The molecule has 6 heteroatoms. The summed E-state index contributed by atoms with van der Waals surface area (Å²) in [6.07, 6.45) is 0.189. The van der Waals surface area contributed by atoms with Gasteiger partial charge in [0.05, 0.1) is 13.2 Å². The second kappa shape index (κ2) is 5.01. The van der Waals surface area contributed by atoms with Crippen LogP contribution in [0.5, 0.6) is 0 Å². The topological polar surface area (TPSA) is 63.8 Å². The molecule has 0 aliphatic carbocycles. The van der Waals surface area contributed by atoms with E-state index in [1.165, 1.54) is 16.9 Å². The molecule has 17 heavy (non-hydrogen) atoms. The van der Waals surface area contributed by atoms with E-state index in [0.29, 0.717) is 18.7 Å². The number of aryl methyl sites for hydroxylation is 1. The summed E-state index contributed by atoms with van der Waals surface area (Å²) < 4.78 is 12.7. The summed E-state index contributed by atoms with van der Waals surface area (Å²) in [6.45, 7) is 0. The minimum atomic E-state index is -0.593. The predicted octanol–water partition coefficient (Wildman–Crippen LogP) is 0.495. The van der Waals surface area contributed by atoms with Crippen molar-refractivity contribution in [1.29, 1.82) is 0 Å². The van der Waals surface area contributed by atoms with Crippen molar-refractivity contribution in [2.45, 2.75) is 18.9 Å². The number of rotatable bonds is 4. The van der Waals surface area contributed by atoms with Gasteiger partial charge in [-0.2, -0.15) is 4.80 Å². The van der Waals surface area contributed by atoms with Crippen molar-refractivity contribution in [3.63, 3.8) is 0 Å². The number of aliphatic hydroxyl groups is 1. The summed E-state index contributed by atoms with van der Waals surface area (Å²) in [5.74, 6) is 0.223. The summed E-state index contributed by atoms with van der Waals surface area (Å²) in [7, 11) is 1.67. The average molecular weight is 236 g/mol. The van der Waals surface area contributed by atoms with Crippen molar-refractivity contribution in [3.8, 4) is 0 Å². The minimum absolute atomic E-state index is 0.279. The molecular formula is C11H13FN4O. The average Bonchev–Trinajstić information content (AvgIpc) is 2.67. The first-order valence-corrected chi connectivity index (χ1v) is 5.29. The van der Waals surface area contributed by atoms with Gasteiger partial charge in [0.1, 0.15) is 5.82 Å². The molecule has 0 amide bonds. The van der Waals surface area contributed by atoms with Crippen LogP contribution in [0, 0.1) is 5.82 Å². The number of tetrazole rings is 1. The van der Waals surface area contributed by atoms with Gasteiger partial charge in [-0.25, -0.2) is 4.39 Å². The molecule has 1 atom stereocenters. The molecule has 0 radical (unpaired) electrons. The fraction of sp³-hybridized carbons (Fsp3) is 0.364. The third kappa shape index (κ3) is 3.32. The zero-order chi connectivity index (χ0) is 12.3. The molecule has 0 fully saturated rings. The first-order chi connectivity index (χ1) is 8.13. The first kappa shape index (κ1) is 11.7. The van der Waals surface area contributed by atoms with E-state index >= 15 is 0 Å². The lowest BCUT2D eigenvalue weighted by Gasteiger charge is -2.07. The van der Waals surface area contributed by atoms with E-state index in [1.54, 1.807) is 19.2 Å². The Labute approximate surface area is 97.9 Å². The standard InChI is InChI=1S/C11H13FN4O/c1-16-14-11(13-15-16)7-10(17)6-8-2-4-9(12)5-3-8/h2-5,10,17H,6-7H2,1H3. The highest BCUT2D eigenvalue weighted by molar-refractivity contribution is 5.17. The second-order valence-electron chi connectivity index (χ2n) is 3.88. The number of halogens is 1. The summed E-state index contributed by atoms with van der Waals surface area (Å²) in [5.41, 5.74) is 0.878. The van der Waals surface area contributed by atoms with Crippen LogP contribution in [-0.4, -0.2) is 31.4 Å². The van der Waals surface area contributed by atoms with Crippen molar-refractivity contribution in [2.75, 3.05) is 0 Å². The molecule has 1 N–H and O–H groups in total. The molecule has 2 aromatic rings. The lowest BCUT2D eigenvalue weighted by atomic mass is 10.1. The molecule has 1 unspecified atom stereocenters. The maximum absolute atomic E-state index is 12.7. The minimum Gasteiger partial charge on any atom is -0.392 e. The summed E-state index contributed by atoms with van der Waals surface area (Å²) in [4.78, 5) is 1.35. The van der Waals surface area contributed by atoms with Crippen LogP contribution in [0.4, 0.5) is 4.39 Å². The van der Waals surface area contributed by atoms with Gasteiger partial charge in [-0.05, 0) is 29.3 Å². The third-order valence-electron chi connectivity index (χ3n) is 2.35. The highest BCUT2D eigenvalue weighted by Crippen LogP contribution is 2.07. The quantitative estimate of drug-likeness (QED) is 0.839. The van der Waals surface area contributed by atoms with Gasteiger partial charge in [0, 0.05) is 6.42 Å². The van der Waals surface area contributed by atoms with E-state index in [2.05, 4.69) is 15.4 Å². The Balaban J connectivity index is 1.93. The molecule has 0 saturated heterocycles. The molecule has 1 aromatic heterocycles. The normalized spacial score (nSPS) is 12.6. The number of hydrogen-bond acceptors (Lipinski definition) is 4. The largest absolute Gasteiger partial charge is 0.392 e. The van der Waals surface area contributed by atoms with Gasteiger partial charge >= 0.3 is 0 Å². The number of aliphatic hydroxyl groups excluding tert-OH is 1. The zero-order valence-electron chi connectivity index (χ0n) is 9.41. The maximum Gasteiger partial charge on any atom is 0.177 e. The van der Waals surface area contributed by atoms with E-state index in [-0.39, 0.29) is 5.82 Å². The molecule has 90 valence electrons. The fourth-order valence-electron chi connectivity index (χ4n) is 1.58. The molecule has 0 aliphatic rings. The highest BCUT2D eigenvalue weighted by atomic mass is 19.1. The Bertz CT molecular complexity index is 482. The van der Waals surface area contributed by atoms with Gasteiger partial charge < -0.3 is 5.11 Å². The number of nitrogens with zero attached hydrogens (tertiary/aromatic N) is 4. The smallest absolute Gasteiger partial charge is 0.177 e. The van der Waals surface area contributed by atoms with Crippen LogP contribution in [0.3, 0.4) is 0 Å². The second-order valence-corrected chi connectivity index (χ2v) is 3.88. The van der Waals surface area contributed by atoms with E-state index in [9.17, 15) is 9.50 Å². The van der Waals surface area contributed by atoms with E-state index < -0.39 is 6.10 Å². The van der Waals surface area contributed by atoms with Gasteiger partial charge in [-0.1, -0.05) is 12.1 Å². The van der Waals surface area contributed by atoms with Crippen LogP contribution in [0.1, 0.15) is 11.4 Å². The van der Waals surface area contributed by atoms with E-state index in [1.807, 2.05) is 0 Å². The Kier molecular flexibility index (Phi) is 3.43. The fourth-order valence-corrected chi connectivity index (χ4v) is 1.58. The van der Waals surface area contributed by atoms with Crippen LogP contribution in [-0.2, 0) is 19.9 Å². The van der Waals surface area contributed by atoms with Crippen LogP contribution < -0.4 is 0 Å². The van der Waals surface area contributed by atoms with Gasteiger partial charge in [0.2, 0.25) is 0 Å². The number of benzene rings is 1. The summed E-state index contributed by atoms with van der Waals surface area (Å²) in [6, 6.07) is 6.07. The van der Waals surface area contributed by atoms with Crippen LogP contribution in [0.15, 0.2) is 24.3 Å². The molecule has 1 aromatic carbocycles. The molecule has 0 aliphatic heterocycles. The van der Waals surface area contributed by atoms with Crippen molar-refractivity contribution < 1.29 is 9.50 Å². The monoisotopic (exact) mass is 236 g/mol. The van der Waals surface area contributed by atoms with Crippen molar-refractivity contribution >= 4 is 0 Å². The number of hydrogen-bond donors (Lipinski definition) is 1. The van der Waals surface area contributed by atoms with Crippen molar-refractivity contribution in [3.05, 3.63) is 41.5 Å². The van der Waals surface area contributed by atoms with Crippen LogP contribution in [0.2, 0.25) is 0 Å². The first-order valence-electron chi connectivity index (χ1n) is 5.29. The molecule has 5 nitrogen and oxygen atoms in total. The zero-order valence-corrected chi connectivity index (χ0v) is 9.41. The van der Waals surface area contributed by atoms with Crippen LogP contribution >= 0.6 is 0 Å².